The van der Waals surface area contributed by atoms with Gasteiger partial charge in [0.25, 0.3) is 5.91 Å². The minimum absolute atomic E-state index is 0.122. The van der Waals surface area contributed by atoms with Gasteiger partial charge in [0.05, 0.1) is 17.2 Å². The molecule has 2 aromatic carbocycles. The molecule has 1 atom stereocenters. The Morgan fingerprint density at radius 2 is 1.82 bits per heavy atom. The van der Waals surface area contributed by atoms with Crippen LogP contribution in [-0.4, -0.2) is 10.9 Å². The summed E-state index contributed by atoms with van der Waals surface area (Å²) >= 11 is 0. The third-order valence-corrected chi connectivity index (χ3v) is 6.42. The zero-order valence-corrected chi connectivity index (χ0v) is 18.5. The molecule has 1 saturated carbocycles. The van der Waals surface area contributed by atoms with Gasteiger partial charge in [0.15, 0.2) is 0 Å². The summed E-state index contributed by atoms with van der Waals surface area (Å²) in [5.41, 5.74) is 9.30. The van der Waals surface area contributed by atoms with Crippen LogP contribution in [-0.2, 0) is 18.1 Å². The van der Waals surface area contributed by atoms with Crippen molar-refractivity contribution >= 4 is 5.91 Å². The number of hydrogen-bond acceptors (Lipinski definition) is 3. The maximum atomic E-state index is 13.2. The summed E-state index contributed by atoms with van der Waals surface area (Å²) in [4.78, 5) is 17.0. The van der Waals surface area contributed by atoms with Gasteiger partial charge in [-0.2, -0.15) is 13.2 Å². The van der Waals surface area contributed by atoms with Crippen molar-refractivity contribution in [2.45, 2.75) is 50.9 Å². The van der Waals surface area contributed by atoms with Gasteiger partial charge in [-0.3, -0.25) is 9.78 Å². The van der Waals surface area contributed by atoms with E-state index in [9.17, 15) is 18.0 Å². The highest BCUT2D eigenvalue weighted by molar-refractivity contribution is 5.94. The topological polar surface area (TPSA) is 68.0 Å². The zero-order chi connectivity index (χ0) is 23.8. The van der Waals surface area contributed by atoms with Gasteiger partial charge in [0.2, 0.25) is 0 Å². The van der Waals surface area contributed by atoms with Crippen LogP contribution in [0.5, 0.6) is 0 Å². The van der Waals surface area contributed by atoms with Crippen LogP contribution in [0.25, 0.3) is 11.1 Å². The molecule has 1 aliphatic rings. The molecule has 7 heteroatoms. The van der Waals surface area contributed by atoms with Crippen molar-refractivity contribution < 1.29 is 18.0 Å². The number of aromatic nitrogens is 1. The summed E-state index contributed by atoms with van der Waals surface area (Å²) < 4.78 is 39.5. The predicted molar refractivity (Wildman–Crippen MR) is 121 cm³/mol. The van der Waals surface area contributed by atoms with Crippen LogP contribution in [0.4, 0.5) is 13.2 Å². The molecule has 1 aromatic heterocycles. The molecule has 0 unspecified atom stereocenters. The molecule has 3 N–H and O–H groups in total. The fraction of sp³-hybridized carbons (Fsp3) is 0.308. The van der Waals surface area contributed by atoms with Gasteiger partial charge in [-0.1, -0.05) is 37.3 Å². The summed E-state index contributed by atoms with van der Waals surface area (Å²) in [7, 11) is 0. The fourth-order valence-corrected chi connectivity index (χ4v) is 3.88. The van der Waals surface area contributed by atoms with Crippen molar-refractivity contribution in [1.82, 2.24) is 10.3 Å². The molecule has 0 radical (unpaired) electrons. The molecule has 3 aromatic rings. The standard InChI is InChI=1S/C26H26F3N3O/c1-16(32-24(33)20-11-22(15-31-14-20)25(2)9-10-25)17-3-5-18(6-4-17)23-12-21(26(27,28)29)8-7-19(23)13-30/h3-8,11-12,14-16H,9-10,13,30H2,1-2H3,(H,32,33)/t16-/m1/s1. The number of halogens is 3. The summed E-state index contributed by atoms with van der Waals surface area (Å²) in [6.07, 6.45) is 1.14. The number of carbonyl (C=O) groups excluding carboxylic acids is 1. The number of nitrogens with zero attached hydrogens (tertiary/aromatic N) is 1. The lowest BCUT2D eigenvalue weighted by molar-refractivity contribution is -0.137. The number of nitrogens with two attached hydrogens (primary N) is 1. The Balaban J connectivity index is 1.51. The SMILES string of the molecule is C[C@@H](NC(=O)c1cncc(C2(C)CC2)c1)c1ccc(-c2cc(C(F)(F)F)ccc2CN)cc1. The van der Waals surface area contributed by atoms with Crippen molar-refractivity contribution in [3.05, 3.63) is 88.7 Å². The van der Waals surface area contributed by atoms with Crippen LogP contribution in [0.15, 0.2) is 60.9 Å². The Morgan fingerprint density at radius 3 is 2.42 bits per heavy atom. The highest BCUT2D eigenvalue weighted by atomic mass is 19.4. The number of rotatable bonds is 6. The molecular weight excluding hydrogens is 427 g/mol. The highest BCUT2D eigenvalue weighted by Crippen LogP contribution is 2.47. The van der Waals surface area contributed by atoms with E-state index in [-0.39, 0.29) is 23.9 Å². The van der Waals surface area contributed by atoms with E-state index in [4.69, 9.17) is 5.73 Å². The van der Waals surface area contributed by atoms with Gasteiger partial charge in [0, 0.05) is 18.9 Å². The smallest absolute Gasteiger partial charge is 0.345 e. The lowest BCUT2D eigenvalue weighted by Crippen LogP contribution is -2.27. The Kier molecular flexibility index (Phi) is 6.01. The predicted octanol–water partition coefficient (Wildman–Crippen LogP) is 5.77. The first kappa shape index (κ1) is 23.0. The Labute approximate surface area is 191 Å². The molecule has 1 fully saturated rings. The molecule has 0 spiro atoms. The summed E-state index contributed by atoms with van der Waals surface area (Å²) in [6.45, 7) is 4.16. The summed E-state index contributed by atoms with van der Waals surface area (Å²) in [5.74, 6) is -0.214. The van der Waals surface area contributed by atoms with E-state index in [0.717, 1.165) is 36.1 Å². The van der Waals surface area contributed by atoms with Gasteiger partial charge < -0.3 is 11.1 Å². The van der Waals surface area contributed by atoms with Crippen LogP contribution < -0.4 is 11.1 Å². The molecule has 0 aliphatic heterocycles. The molecule has 1 heterocycles. The maximum Gasteiger partial charge on any atom is 0.416 e. The van der Waals surface area contributed by atoms with Crippen LogP contribution in [0, 0.1) is 0 Å². The van der Waals surface area contributed by atoms with Gasteiger partial charge in [-0.15, -0.1) is 0 Å². The molecule has 4 nitrogen and oxygen atoms in total. The minimum atomic E-state index is -4.43. The van der Waals surface area contributed by atoms with E-state index < -0.39 is 11.7 Å². The van der Waals surface area contributed by atoms with E-state index in [1.54, 1.807) is 30.5 Å². The molecule has 1 aliphatic carbocycles. The number of benzene rings is 2. The maximum absolute atomic E-state index is 13.2. The average molecular weight is 454 g/mol. The number of amides is 1. The highest BCUT2D eigenvalue weighted by Gasteiger charge is 2.39. The van der Waals surface area contributed by atoms with E-state index in [2.05, 4.69) is 17.2 Å². The molecule has 0 bridgehead atoms. The molecular formula is C26H26F3N3O. The van der Waals surface area contributed by atoms with Crippen LogP contribution in [0.3, 0.4) is 0 Å². The second-order valence-electron chi connectivity index (χ2n) is 8.91. The van der Waals surface area contributed by atoms with Gasteiger partial charge in [0.1, 0.15) is 0 Å². The quantitative estimate of drug-likeness (QED) is 0.498. The average Bonchev–Trinajstić information content (AvgIpc) is 3.56. The monoisotopic (exact) mass is 453 g/mol. The Hall–Kier alpha value is -3.19. The number of alkyl halides is 3. The first-order valence-corrected chi connectivity index (χ1v) is 10.9. The molecule has 4 rings (SSSR count). The van der Waals surface area contributed by atoms with E-state index in [1.165, 1.54) is 6.07 Å². The first-order valence-electron chi connectivity index (χ1n) is 10.9. The molecule has 0 saturated heterocycles. The number of pyridine rings is 1. The van der Waals surface area contributed by atoms with Crippen molar-refractivity contribution in [2.75, 3.05) is 0 Å². The summed E-state index contributed by atoms with van der Waals surface area (Å²) in [6, 6.07) is 12.3. The van der Waals surface area contributed by atoms with Crippen molar-refractivity contribution in [3.8, 4) is 11.1 Å². The number of nitrogens with one attached hydrogen (secondary N) is 1. The normalized spacial score (nSPS) is 15.7. The lowest BCUT2D eigenvalue weighted by Gasteiger charge is -2.17. The zero-order valence-electron chi connectivity index (χ0n) is 18.5. The largest absolute Gasteiger partial charge is 0.416 e. The second kappa shape index (κ2) is 8.63. The third kappa shape index (κ3) is 4.93. The van der Waals surface area contributed by atoms with Gasteiger partial charge in [-0.25, -0.2) is 0 Å². The number of carbonyl (C=O) groups is 1. The van der Waals surface area contributed by atoms with Crippen molar-refractivity contribution in [3.63, 3.8) is 0 Å². The minimum Gasteiger partial charge on any atom is -0.345 e. The van der Waals surface area contributed by atoms with E-state index in [1.807, 2.05) is 19.2 Å². The van der Waals surface area contributed by atoms with Gasteiger partial charge in [-0.05, 0) is 71.2 Å². The van der Waals surface area contributed by atoms with Crippen molar-refractivity contribution in [2.24, 2.45) is 5.73 Å². The molecule has 33 heavy (non-hydrogen) atoms. The fourth-order valence-electron chi connectivity index (χ4n) is 3.88. The van der Waals surface area contributed by atoms with Crippen LogP contribution in [0.1, 0.15) is 65.3 Å². The first-order chi connectivity index (χ1) is 15.6. The Bertz CT molecular complexity index is 1170. The Morgan fingerprint density at radius 1 is 1.12 bits per heavy atom. The summed E-state index contributed by atoms with van der Waals surface area (Å²) in [5, 5.41) is 2.97. The third-order valence-electron chi connectivity index (χ3n) is 6.42. The van der Waals surface area contributed by atoms with Crippen LogP contribution >= 0.6 is 0 Å². The number of hydrogen-bond donors (Lipinski definition) is 2. The van der Waals surface area contributed by atoms with Gasteiger partial charge >= 0.3 is 6.18 Å². The lowest BCUT2D eigenvalue weighted by atomic mass is 9.95. The second-order valence-corrected chi connectivity index (χ2v) is 8.91. The van der Waals surface area contributed by atoms with E-state index in [0.29, 0.717) is 22.3 Å². The van der Waals surface area contributed by atoms with Crippen molar-refractivity contribution in [1.29, 1.82) is 0 Å². The van der Waals surface area contributed by atoms with Crippen LogP contribution in [0.2, 0.25) is 0 Å². The molecule has 1 amide bonds. The molecule has 172 valence electrons. The van der Waals surface area contributed by atoms with E-state index >= 15 is 0 Å².